The Hall–Kier alpha value is -1.25. The molecular weight excluding hydrogens is 410 g/mol. The zero-order valence-corrected chi connectivity index (χ0v) is 16.1. The van der Waals surface area contributed by atoms with Crippen molar-refractivity contribution in [2.75, 3.05) is 6.54 Å². The zero-order valence-electron chi connectivity index (χ0n) is 12.9. The molecule has 126 valence electrons. The molecule has 1 aromatic heterocycles. The van der Waals surface area contributed by atoms with E-state index in [4.69, 9.17) is 0 Å². The fourth-order valence-corrected chi connectivity index (χ4v) is 5.55. The number of benzene rings is 2. The molecule has 0 bridgehead atoms. The maximum absolute atomic E-state index is 12.5. The first kappa shape index (κ1) is 17.6. The number of thiophene rings is 1. The van der Waals surface area contributed by atoms with Gasteiger partial charge in [-0.25, -0.2) is 13.1 Å². The van der Waals surface area contributed by atoms with E-state index in [-0.39, 0.29) is 11.4 Å². The van der Waals surface area contributed by atoms with Crippen molar-refractivity contribution >= 4 is 47.4 Å². The summed E-state index contributed by atoms with van der Waals surface area (Å²) in [6.07, 6.45) is 0. The van der Waals surface area contributed by atoms with Gasteiger partial charge in [0.15, 0.2) is 0 Å². The number of rotatable bonds is 5. The molecule has 3 rings (SSSR count). The van der Waals surface area contributed by atoms with Crippen LogP contribution in [0.5, 0.6) is 0 Å². The minimum Gasteiger partial charge on any atom is -0.383 e. The molecule has 3 aromatic rings. The Morgan fingerprint density at radius 3 is 2.54 bits per heavy atom. The van der Waals surface area contributed by atoms with Gasteiger partial charge in [0, 0.05) is 20.6 Å². The first-order valence-electron chi connectivity index (χ1n) is 7.25. The van der Waals surface area contributed by atoms with Crippen LogP contribution >= 0.6 is 27.3 Å². The monoisotopic (exact) mass is 425 g/mol. The van der Waals surface area contributed by atoms with Crippen molar-refractivity contribution in [3.05, 3.63) is 63.9 Å². The van der Waals surface area contributed by atoms with Crippen LogP contribution < -0.4 is 4.72 Å². The summed E-state index contributed by atoms with van der Waals surface area (Å²) in [6, 6.07) is 16.3. The topological polar surface area (TPSA) is 66.4 Å². The number of sulfonamides is 1. The van der Waals surface area contributed by atoms with Gasteiger partial charge in [-0.2, -0.15) is 0 Å². The van der Waals surface area contributed by atoms with E-state index < -0.39 is 15.6 Å². The molecule has 0 saturated carbocycles. The van der Waals surface area contributed by atoms with E-state index in [0.29, 0.717) is 4.47 Å². The lowest BCUT2D eigenvalue weighted by Gasteiger charge is -2.22. The van der Waals surface area contributed by atoms with E-state index in [0.717, 1.165) is 15.0 Å². The summed E-state index contributed by atoms with van der Waals surface area (Å²) in [5.74, 6) is 0. The first-order valence-corrected chi connectivity index (χ1v) is 10.3. The van der Waals surface area contributed by atoms with Crippen LogP contribution in [0.4, 0.5) is 0 Å². The molecular formula is C17H16BrNO3S2. The molecule has 1 atom stereocenters. The number of nitrogens with one attached hydrogen (secondary N) is 1. The molecule has 1 unspecified atom stereocenters. The van der Waals surface area contributed by atoms with E-state index >= 15 is 0 Å². The van der Waals surface area contributed by atoms with Gasteiger partial charge in [-0.3, -0.25) is 0 Å². The molecule has 0 aliphatic rings. The lowest BCUT2D eigenvalue weighted by atomic mass is 10.1. The first-order chi connectivity index (χ1) is 11.3. The highest BCUT2D eigenvalue weighted by molar-refractivity contribution is 9.10. The van der Waals surface area contributed by atoms with E-state index in [2.05, 4.69) is 20.7 Å². The highest BCUT2D eigenvalue weighted by Gasteiger charge is 2.28. The predicted molar refractivity (Wildman–Crippen MR) is 101 cm³/mol. The van der Waals surface area contributed by atoms with Crippen molar-refractivity contribution in [3.63, 3.8) is 0 Å². The van der Waals surface area contributed by atoms with Gasteiger partial charge < -0.3 is 5.11 Å². The van der Waals surface area contributed by atoms with Crippen LogP contribution in [0.25, 0.3) is 10.1 Å². The number of hydrogen-bond donors (Lipinski definition) is 2. The summed E-state index contributed by atoms with van der Waals surface area (Å²) in [5.41, 5.74) is -1.29. The maximum Gasteiger partial charge on any atom is 0.241 e. The summed E-state index contributed by atoms with van der Waals surface area (Å²) < 4.78 is 28.9. The number of aliphatic hydroxyl groups is 1. The van der Waals surface area contributed by atoms with E-state index in [9.17, 15) is 13.5 Å². The molecule has 2 N–H and O–H groups in total. The molecule has 0 fully saturated rings. The second-order valence-corrected chi connectivity index (χ2v) is 9.35. The lowest BCUT2D eigenvalue weighted by Crippen LogP contribution is -2.38. The van der Waals surface area contributed by atoms with Crippen molar-refractivity contribution in [2.24, 2.45) is 0 Å². The standard InChI is InChI=1S/C17H16BrNO3S2/c1-17(20,16-10-12-6-2-4-8-14(12)23-16)11-19-24(21,22)15-9-5-3-7-13(15)18/h2-10,19-20H,11H2,1H3. The average Bonchev–Trinajstić information content (AvgIpc) is 2.98. The van der Waals surface area contributed by atoms with Crippen molar-refractivity contribution < 1.29 is 13.5 Å². The molecule has 2 aromatic carbocycles. The van der Waals surface area contributed by atoms with E-state index in [1.807, 2.05) is 30.3 Å². The molecule has 24 heavy (non-hydrogen) atoms. The lowest BCUT2D eigenvalue weighted by molar-refractivity contribution is 0.0666. The smallest absolute Gasteiger partial charge is 0.241 e. The largest absolute Gasteiger partial charge is 0.383 e. The summed E-state index contributed by atoms with van der Waals surface area (Å²) in [4.78, 5) is 0.871. The SMILES string of the molecule is CC(O)(CNS(=O)(=O)c1ccccc1Br)c1cc2ccccc2s1. The van der Waals surface area contributed by atoms with Gasteiger partial charge in [-0.05, 0) is 52.5 Å². The van der Waals surface area contributed by atoms with Crippen LogP contribution in [0, 0.1) is 0 Å². The van der Waals surface area contributed by atoms with Crippen molar-refractivity contribution in [2.45, 2.75) is 17.4 Å². The van der Waals surface area contributed by atoms with Gasteiger partial charge in [0.25, 0.3) is 0 Å². The van der Waals surface area contributed by atoms with Gasteiger partial charge >= 0.3 is 0 Å². The van der Waals surface area contributed by atoms with Crippen LogP contribution in [0.2, 0.25) is 0 Å². The summed E-state index contributed by atoms with van der Waals surface area (Å²) in [7, 11) is -3.71. The molecule has 0 aliphatic heterocycles. The Morgan fingerprint density at radius 1 is 1.17 bits per heavy atom. The van der Waals surface area contributed by atoms with Gasteiger partial charge in [-0.15, -0.1) is 11.3 Å². The van der Waals surface area contributed by atoms with Crippen LogP contribution in [-0.2, 0) is 15.6 Å². The molecule has 4 nitrogen and oxygen atoms in total. The van der Waals surface area contributed by atoms with E-state index in [1.54, 1.807) is 25.1 Å². The van der Waals surface area contributed by atoms with Gasteiger partial charge in [-0.1, -0.05) is 30.3 Å². The predicted octanol–water partition coefficient (Wildman–Crippen LogP) is 3.85. The number of fused-ring (bicyclic) bond motifs is 1. The summed E-state index contributed by atoms with van der Waals surface area (Å²) >= 11 is 4.70. The third-order valence-electron chi connectivity index (χ3n) is 3.69. The maximum atomic E-state index is 12.5. The average molecular weight is 426 g/mol. The highest BCUT2D eigenvalue weighted by Crippen LogP contribution is 2.33. The van der Waals surface area contributed by atoms with Crippen molar-refractivity contribution in [1.82, 2.24) is 4.72 Å². The summed E-state index contributed by atoms with van der Waals surface area (Å²) in [6.45, 7) is 1.50. The van der Waals surface area contributed by atoms with E-state index in [1.165, 1.54) is 17.4 Å². The zero-order chi connectivity index (χ0) is 17.4. The second kappa shape index (κ2) is 6.57. The minimum absolute atomic E-state index is 0.108. The van der Waals surface area contributed by atoms with Crippen LogP contribution in [0.15, 0.2) is 64.0 Å². The van der Waals surface area contributed by atoms with Gasteiger partial charge in [0.1, 0.15) is 5.60 Å². The molecule has 0 amide bonds. The number of halogens is 1. The summed E-state index contributed by atoms with van der Waals surface area (Å²) in [5, 5.41) is 11.8. The van der Waals surface area contributed by atoms with Crippen molar-refractivity contribution in [3.8, 4) is 0 Å². The quantitative estimate of drug-likeness (QED) is 0.652. The molecule has 7 heteroatoms. The number of hydrogen-bond acceptors (Lipinski definition) is 4. The molecule has 0 radical (unpaired) electrons. The van der Waals surface area contributed by atoms with Crippen LogP contribution in [0.1, 0.15) is 11.8 Å². The minimum atomic E-state index is -3.71. The Morgan fingerprint density at radius 2 is 1.83 bits per heavy atom. The fourth-order valence-electron chi connectivity index (χ4n) is 2.31. The molecule has 0 aliphatic carbocycles. The normalized spacial score (nSPS) is 14.6. The molecule has 1 heterocycles. The molecule has 0 spiro atoms. The Labute approximate surface area is 153 Å². The van der Waals surface area contributed by atoms with Crippen LogP contribution in [-0.4, -0.2) is 20.1 Å². The third-order valence-corrected chi connectivity index (χ3v) is 7.47. The third kappa shape index (κ3) is 3.55. The van der Waals surface area contributed by atoms with Gasteiger partial charge in [0.05, 0.1) is 4.90 Å². The van der Waals surface area contributed by atoms with Crippen molar-refractivity contribution in [1.29, 1.82) is 0 Å². The molecule has 0 saturated heterocycles. The Balaban J connectivity index is 1.83. The Kier molecular flexibility index (Phi) is 4.81. The van der Waals surface area contributed by atoms with Crippen LogP contribution in [0.3, 0.4) is 0 Å². The second-order valence-electron chi connectivity index (χ2n) is 5.68. The Bertz CT molecular complexity index is 947. The fraction of sp³-hybridized carbons (Fsp3) is 0.176. The van der Waals surface area contributed by atoms with Gasteiger partial charge in [0.2, 0.25) is 10.0 Å². The highest BCUT2D eigenvalue weighted by atomic mass is 79.9.